The third-order valence-electron chi connectivity index (χ3n) is 2.40. The Morgan fingerprint density at radius 2 is 1.69 bits per heavy atom. The Hall–Kier alpha value is -0.610. The van der Waals surface area contributed by atoms with Gasteiger partial charge in [-0.05, 0) is 19.3 Å². The zero-order valence-corrected chi connectivity index (χ0v) is 9.91. The first-order valence-corrected chi connectivity index (χ1v) is 5.89. The van der Waals surface area contributed by atoms with Crippen molar-refractivity contribution in [3.63, 3.8) is 0 Å². The van der Waals surface area contributed by atoms with E-state index in [0.29, 0.717) is 6.42 Å². The Balaban J connectivity index is 4.14. The van der Waals surface area contributed by atoms with E-state index in [4.69, 9.17) is 7.85 Å². The minimum Gasteiger partial charge on any atom is -0.481 e. The zero-order valence-electron chi connectivity index (χ0n) is 11.9. The van der Waals surface area contributed by atoms with Crippen molar-refractivity contribution in [3.8, 4) is 0 Å². The van der Waals surface area contributed by atoms with Gasteiger partial charge in [-0.15, -0.1) is 0 Å². The minimum absolute atomic E-state index is 0.0278. The molecule has 3 N–H and O–H groups in total. The van der Waals surface area contributed by atoms with E-state index in [2.05, 4.69) is 0 Å². The largest absolute Gasteiger partial charge is 0.481 e. The first kappa shape index (κ1) is 11.9. The van der Waals surface area contributed by atoms with Gasteiger partial charge in [-0.3, -0.25) is 4.79 Å². The van der Waals surface area contributed by atoms with Crippen LogP contribution >= 0.6 is 0 Å². The fourth-order valence-electron chi connectivity index (χ4n) is 1.41. The number of hydrogen-bond acceptors (Lipinski definition) is 3. The molecule has 0 aliphatic heterocycles. The molecule has 96 valence electrons. The highest BCUT2D eigenvalue weighted by Gasteiger charge is 2.15. The van der Waals surface area contributed by atoms with E-state index < -0.39 is 18.1 Å². The van der Waals surface area contributed by atoms with Crippen molar-refractivity contribution >= 4 is 5.97 Å². The van der Waals surface area contributed by atoms with Crippen LogP contribution in [-0.4, -0.2) is 33.4 Å². The molecule has 4 heteroatoms. The van der Waals surface area contributed by atoms with Gasteiger partial charge in [-0.2, -0.15) is 0 Å². The van der Waals surface area contributed by atoms with Gasteiger partial charge in [0.1, 0.15) is 0 Å². The fraction of sp³-hybridized carbons (Fsp3) is 0.917. The topological polar surface area (TPSA) is 77.8 Å². The van der Waals surface area contributed by atoms with Crippen LogP contribution in [0.5, 0.6) is 0 Å². The molecule has 0 fully saturated rings. The van der Waals surface area contributed by atoms with Crippen LogP contribution < -0.4 is 0 Å². The molecule has 16 heavy (non-hydrogen) atoms. The van der Waals surface area contributed by atoms with Crippen LogP contribution in [0.3, 0.4) is 0 Å². The highest BCUT2D eigenvalue weighted by atomic mass is 16.4. The second-order valence-corrected chi connectivity index (χ2v) is 3.95. The summed E-state index contributed by atoms with van der Waals surface area (Å²) < 4.78 is 15.2. The summed E-state index contributed by atoms with van der Waals surface area (Å²) in [4.78, 5) is 10.3. The Kier molecular flexibility index (Phi) is 7.12. The second-order valence-electron chi connectivity index (χ2n) is 3.95. The number of carbonyl (C=O) groups is 1. The van der Waals surface area contributed by atoms with E-state index >= 15 is 0 Å². The van der Waals surface area contributed by atoms with E-state index in [9.17, 15) is 15.0 Å². The van der Waals surface area contributed by atoms with Crippen molar-refractivity contribution in [1.82, 2.24) is 0 Å². The molecule has 4 nitrogen and oxygen atoms in total. The van der Waals surface area contributed by atoms with Gasteiger partial charge in [0.2, 0.25) is 0 Å². The Bertz CT molecular complexity index is 254. The van der Waals surface area contributed by atoms with E-state index in [1.165, 1.54) is 0 Å². The van der Waals surface area contributed by atoms with Crippen LogP contribution in [0.4, 0.5) is 0 Å². The monoisotopic (exact) mass is 234 g/mol. The summed E-state index contributed by atoms with van der Waals surface area (Å²) in [7, 11) is 0. The van der Waals surface area contributed by atoms with E-state index in [1.54, 1.807) is 0 Å². The zero-order chi connectivity index (χ0) is 14.2. The molecule has 0 rings (SSSR count). The van der Waals surface area contributed by atoms with Gasteiger partial charge in [0.25, 0.3) is 0 Å². The molecule has 0 aliphatic carbocycles. The number of carboxylic acid groups (broad SMARTS) is 1. The number of rotatable bonds is 10. The molecule has 0 aromatic rings. The van der Waals surface area contributed by atoms with E-state index in [1.807, 2.05) is 6.92 Å². The summed E-state index contributed by atoms with van der Waals surface area (Å²) in [6.07, 6.45) is -1.39. The molecule has 0 saturated heterocycles. The van der Waals surface area contributed by atoms with Crippen LogP contribution in [0.25, 0.3) is 0 Å². The molecule has 0 saturated carbocycles. The Morgan fingerprint density at radius 3 is 2.19 bits per heavy atom. The lowest BCUT2D eigenvalue weighted by molar-refractivity contribution is -0.137. The van der Waals surface area contributed by atoms with Crippen LogP contribution in [0.1, 0.15) is 61.0 Å². The van der Waals surface area contributed by atoms with Gasteiger partial charge in [0.15, 0.2) is 0 Å². The molecule has 0 spiro atoms. The van der Waals surface area contributed by atoms with Crippen molar-refractivity contribution in [2.45, 2.75) is 70.5 Å². The smallest absolute Gasteiger partial charge is 0.303 e. The maximum absolute atomic E-state index is 10.3. The van der Waals surface area contributed by atoms with Crippen LogP contribution in [0, 0.1) is 0 Å². The first-order valence-electron chi connectivity index (χ1n) is 6.89. The Labute approximate surface area is 100 Å². The number of aliphatic carboxylic acids is 1. The quantitative estimate of drug-likeness (QED) is 0.505. The molecule has 0 heterocycles. The number of hydrogen-bond donors (Lipinski definition) is 3. The predicted octanol–water partition coefficient (Wildman–Crippen LogP) is 1.93. The summed E-state index contributed by atoms with van der Waals surface area (Å²) in [5, 5.41) is 28.0. The molecule has 0 aliphatic rings. The molecule has 0 aromatic carbocycles. The van der Waals surface area contributed by atoms with Gasteiger partial charge in [0.05, 0.1) is 14.9 Å². The first-order chi connectivity index (χ1) is 8.23. The maximum atomic E-state index is 10.3. The van der Waals surface area contributed by atoms with Crippen molar-refractivity contribution in [3.05, 3.63) is 0 Å². The molecule has 0 unspecified atom stereocenters. The van der Waals surface area contributed by atoms with Gasteiger partial charge < -0.3 is 15.3 Å². The molecule has 0 aromatic heterocycles. The third kappa shape index (κ3) is 8.68. The van der Waals surface area contributed by atoms with Gasteiger partial charge >= 0.3 is 5.97 Å². The third-order valence-corrected chi connectivity index (χ3v) is 2.40. The predicted molar refractivity (Wildman–Crippen MR) is 62.3 cm³/mol. The molecular weight excluding hydrogens is 208 g/mol. The summed E-state index contributed by atoms with van der Waals surface area (Å²) >= 11 is 0. The molecule has 0 amide bonds. The lowest BCUT2D eigenvalue weighted by atomic mass is 10.0. The highest BCUT2D eigenvalue weighted by Crippen LogP contribution is 2.12. The number of aliphatic hydroxyl groups is 2. The van der Waals surface area contributed by atoms with Crippen LogP contribution in [0.15, 0.2) is 0 Å². The summed E-state index contributed by atoms with van der Waals surface area (Å²) in [6, 6.07) is 0. The average Bonchev–Trinajstić information content (AvgIpc) is 2.23. The molecule has 0 radical (unpaired) electrons. The number of unbranched alkanes of at least 4 members (excludes halogenated alkanes) is 3. The highest BCUT2D eigenvalue weighted by molar-refractivity contribution is 5.66. The van der Waals surface area contributed by atoms with E-state index in [0.717, 1.165) is 19.3 Å². The Morgan fingerprint density at radius 1 is 1.12 bits per heavy atom. The average molecular weight is 234 g/mol. The molecule has 2 atom stereocenters. The summed E-state index contributed by atoms with van der Waals surface area (Å²) in [5.74, 6) is -1.01. The van der Waals surface area contributed by atoms with E-state index in [-0.39, 0.29) is 25.7 Å². The fourth-order valence-corrected chi connectivity index (χ4v) is 1.41. The van der Waals surface area contributed by atoms with Crippen molar-refractivity contribution in [2.75, 3.05) is 0 Å². The second kappa shape index (κ2) is 9.60. The summed E-state index contributed by atoms with van der Waals surface area (Å²) in [6.45, 7) is 2.04. The standard InChI is InChI=1S/C12H24O4/c1-2-3-4-5-7-10(13)11(14)8-6-9-12(15)16/h10-11,13-14H,2-9H2,1H3,(H,15,16)/t10-,11+/m0/s1/i10D,11D. The van der Waals surface area contributed by atoms with Crippen molar-refractivity contribution < 1.29 is 22.9 Å². The van der Waals surface area contributed by atoms with Crippen molar-refractivity contribution in [1.29, 1.82) is 0 Å². The lowest BCUT2D eigenvalue weighted by Crippen LogP contribution is -2.25. The minimum atomic E-state index is -2.31. The maximum Gasteiger partial charge on any atom is 0.303 e. The SMILES string of the molecule is [2H][C@](O)(CCCCCC)[C@]([2H])(O)CCCC(=O)O. The van der Waals surface area contributed by atoms with Crippen LogP contribution in [0.2, 0.25) is 0 Å². The molecular formula is C12H24O4. The van der Waals surface area contributed by atoms with Gasteiger partial charge in [-0.25, -0.2) is 0 Å². The normalized spacial score (nSPS) is 20.4. The molecule has 0 bridgehead atoms. The number of carboxylic acids is 1. The van der Waals surface area contributed by atoms with Crippen molar-refractivity contribution in [2.24, 2.45) is 0 Å². The van der Waals surface area contributed by atoms with Gasteiger partial charge in [0, 0.05) is 6.42 Å². The summed E-state index contributed by atoms with van der Waals surface area (Å²) in [5.41, 5.74) is 0. The lowest BCUT2D eigenvalue weighted by Gasteiger charge is -2.17. The van der Waals surface area contributed by atoms with Crippen LogP contribution in [-0.2, 0) is 4.79 Å². The van der Waals surface area contributed by atoms with Gasteiger partial charge in [-0.1, -0.05) is 32.6 Å².